The summed E-state index contributed by atoms with van der Waals surface area (Å²) in [7, 11) is 2.00. The first-order valence-corrected chi connectivity index (χ1v) is 6.94. The molecule has 1 aromatic heterocycles. The molecule has 0 bridgehead atoms. The summed E-state index contributed by atoms with van der Waals surface area (Å²) in [5.41, 5.74) is 2.55. The third-order valence-corrected chi connectivity index (χ3v) is 3.35. The van der Waals surface area contributed by atoms with Crippen LogP contribution in [0.15, 0.2) is 36.5 Å². The van der Waals surface area contributed by atoms with Crippen LogP contribution in [0.3, 0.4) is 0 Å². The first-order chi connectivity index (χ1) is 9.35. The van der Waals surface area contributed by atoms with Gasteiger partial charge in [-0.15, -0.1) is 5.10 Å². The van der Waals surface area contributed by atoms with E-state index in [4.69, 9.17) is 0 Å². The van der Waals surface area contributed by atoms with Crippen LogP contribution in [0.1, 0.15) is 37.1 Å². The summed E-state index contributed by atoms with van der Waals surface area (Å²) in [6.07, 6.45) is 5.06. The van der Waals surface area contributed by atoms with Crippen molar-refractivity contribution in [2.24, 2.45) is 0 Å². The zero-order chi connectivity index (χ0) is 13.5. The lowest BCUT2D eigenvalue weighted by Gasteiger charge is -2.17. The molecule has 2 aromatic rings. The average molecular weight is 258 g/mol. The highest BCUT2D eigenvalue weighted by atomic mass is 15.4. The molecule has 0 saturated heterocycles. The Hall–Kier alpha value is -1.68. The van der Waals surface area contributed by atoms with Gasteiger partial charge in [0.1, 0.15) is 0 Å². The average Bonchev–Trinajstić information content (AvgIpc) is 2.90. The summed E-state index contributed by atoms with van der Waals surface area (Å²) in [6, 6.07) is 10.9. The highest BCUT2D eigenvalue weighted by Gasteiger charge is 2.14. The first-order valence-electron chi connectivity index (χ1n) is 6.94. The van der Waals surface area contributed by atoms with Crippen molar-refractivity contribution in [2.75, 3.05) is 7.05 Å². The quantitative estimate of drug-likeness (QED) is 0.830. The molecule has 1 N–H and O–H groups in total. The number of nitrogens with one attached hydrogen (secondary N) is 1. The Labute approximate surface area is 114 Å². The largest absolute Gasteiger partial charge is 0.312 e. The van der Waals surface area contributed by atoms with Gasteiger partial charge >= 0.3 is 0 Å². The summed E-state index contributed by atoms with van der Waals surface area (Å²) in [5, 5.41) is 11.6. The lowest BCUT2D eigenvalue weighted by Crippen LogP contribution is -2.21. The zero-order valence-corrected chi connectivity index (χ0v) is 11.7. The Morgan fingerprint density at radius 3 is 2.74 bits per heavy atom. The van der Waals surface area contributed by atoms with Gasteiger partial charge in [0.15, 0.2) is 0 Å². The molecule has 0 spiro atoms. The minimum Gasteiger partial charge on any atom is -0.312 e. The number of hydrogen-bond donors (Lipinski definition) is 1. The summed E-state index contributed by atoms with van der Waals surface area (Å²) in [5.74, 6) is 0. The lowest BCUT2D eigenvalue weighted by atomic mass is 10.0. The minimum atomic E-state index is 0.307. The van der Waals surface area contributed by atoms with Gasteiger partial charge in [-0.2, -0.15) is 0 Å². The topological polar surface area (TPSA) is 42.7 Å². The van der Waals surface area contributed by atoms with Crippen molar-refractivity contribution in [1.82, 2.24) is 20.3 Å². The van der Waals surface area contributed by atoms with E-state index in [1.54, 1.807) is 0 Å². The van der Waals surface area contributed by atoms with E-state index >= 15 is 0 Å². The smallest absolute Gasteiger partial charge is 0.0756 e. The molecule has 0 aliphatic rings. The number of rotatable bonds is 7. The van der Waals surface area contributed by atoms with Crippen LogP contribution >= 0.6 is 0 Å². The molecule has 0 radical (unpaired) electrons. The SMILES string of the molecule is CCCn1nncc1C(CCc1ccccc1)NC. The van der Waals surface area contributed by atoms with Crippen LogP contribution in [-0.2, 0) is 13.0 Å². The highest BCUT2D eigenvalue weighted by Crippen LogP contribution is 2.18. The van der Waals surface area contributed by atoms with Crippen LogP contribution in [0.25, 0.3) is 0 Å². The van der Waals surface area contributed by atoms with E-state index in [1.165, 1.54) is 11.3 Å². The molecule has 1 atom stereocenters. The van der Waals surface area contributed by atoms with Gasteiger partial charge < -0.3 is 5.32 Å². The van der Waals surface area contributed by atoms with Gasteiger partial charge in [-0.25, -0.2) is 4.68 Å². The van der Waals surface area contributed by atoms with Crippen molar-refractivity contribution in [3.63, 3.8) is 0 Å². The van der Waals surface area contributed by atoms with Crippen LogP contribution in [-0.4, -0.2) is 22.0 Å². The molecule has 1 heterocycles. The highest BCUT2D eigenvalue weighted by molar-refractivity contribution is 5.15. The van der Waals surface area contributed by atoms with Crippen LogP contribution < -0.4 is 5.32 Å². The van der Waals surface area contributed by atoms with E-state index < -0.39 is 0 Å². The number of hydrogen-bond acceptors (Lipinski definition) is 3. The summed E-state index contributed by atoms with van der Waals surface area (Å²) >= 11 is 0. The Kier molecular flexibility index (Phi) is 5.10. The molecule has 4 nitrogen and oxygen atoms in total. The van der Waals surface area contributed by atoms with Gasteiger partial charge in [-0.1, -0.05) is 42.5 Å². The van der Waals surface area contributed by atoms with E-state index in [9.17, 15) is 0 Å². The van der Waals surface area contributed by atoms with E-state index in [-0.39, 0.29) is 0 Å². The molecule has 19 heavy (non-hydrogen) atoms. The molecule has 1 unspecified atom stereocenters. The van der Waals surface area contributed by atoms with Gasteiger partial charge in [0.25, 0.3) is 0 Å². The van der Waals surface area contributed by atoms with Gasteiger partial charge in [0.2, 0.25) is 0 Å². The van der Waals surface area contributed by atoms with E-state index in [2.05, 4.69) is 52.9 Å². The maximum Gasteiger partial charge on any atom is 0.0756 e. The van der Waals surface area contributed by atoms with Crippen LogP contribution in [0.2, 0.25) is 0 Å². The van der Waals surface area contributed by atoms with E-state index in [0.717, 1.165) is 25.8 Å². The molecule has 0 aliphatic heterocycles. The third-order valence-electron chi connectivity index (χ3n) is 3.35. The Balaban J connectivity index is 2.01. The van der Waals surface area contributed by atoms with Crippen molar-refractivity contribution >= 4 is 0 Å². The fourth-order valence-corrected chi connectivity index (χ4v) is 2.32. The number of aromatic nitrogens is 3. The predicted molar refractivity (Wildman–Crippen MR) is 76.9 cm³/mol. The van der Waals surface area contributed by atoms with Crippen molar-refractivity contribution in [3.05, 3.63) is 47.8 Å². The fraction of sp³-hybridized carbons (Fsp3) is 0.467. The minimum absolute atomic E-state index is 0.307. The number of nitrogens with zero attached hydrogens (tertiary/aromatic N) is 3. The second-order valence-electron chi connectivity index (χ2n) is 4.75. The number of aryl methyl sites for hydroxylation is 2. The second kappa shape index (κ2) is 7.04. The molecule has 2 rings (SSSR count). The first kappa shape index (κ1) is 13.7. The lowest BCUT2D eigenvalue weighted by molar-refractivity contribution is 0.472. The molecular formula is C15H22N4. The van der Waals surface area contributed by atoms with Crippen molar-refractivity contribution in [1.29, 1.82) is 0 Å². The van der Waals surface area contributed by atoms with Crippen LogP contribution in [0.5, 0.6) is 0 Å². The molecule has 102 valence electrons. The summed E-state index contributed by atoms with van der Waals surface area (Å²) in [4.78, 5) is 0. The Bertz CT molecular complexity index is 478. The number of benzene rings is 1. The van der Waals surface area contributed by atoms with Gasteiger partial charge in [-0.05, 0) is 31.9 Å². The molecular weight excluding hydrogens is 236 g/mol. The Morgan fingerprint density at radius 2 is 2.05 bits per heavy atom. The van der Waals surface area contributed by atoms with Gasteiger partial charge in [0, 0.05) is 6.54 Å². The second-order valence-corrected chi connectivity index (χ2v) is 4.75. The maximum atomic E-state index is 4.16. The Morgan fingerprint density at radius 1 is 1.26 bits per heavy atom. The van der Waals surface area contributed by atoms with Gasteiger partial charge in [-0.3, -0.25) is 0 Å². The summed E-state index contributed by atoms with van der Waals surface area (Å²) in [6.45, 7) is 3.09. The standard InChI is InChI=1S/C15H22N4/c1-3-11-19-15(12-17-18-19)14(16-2)10-9-13-7-5-4-6-8-13/h4-8,12,14,16H,3,9-11H2,1-2H3. The van der Waals surface area contributed by atoms with E-state index in [0.29, 0.717) is 6.04 Å². The fourth-order valence-electron chi connectivity index (χ4n) is 2.32. The molecule has 4 heteroatoms. The third kappa shape index (κ3) is 3.64. The van der Waals surface area contributed by atoms with Crippen LogP contribution in [0.4, 0.5) is 0 Å². The molecule has 1 aromatic carbocycles. The predicted octanol–water partition coefficient (Wildman–Crippen LogP) is 2.58. The van der Waals surface area contributed by atoms with Crippen molar-refractivity contribution < 1.29 is 0 Å². The van der Waals surface area contributed by atoms with E-state index in [1.807, 2.05) is 17.9 Å². The zero-order valence-electron chi connectivity index (χ0n) is 11.7. The normalized spacial score (nSPS) is 12.5. The molecule has 0 fully saturated rings. The monoisotopic (exact) mass is 258 g/mol. The molecule has 0 aliphatic carbocycles. The molecule has 0 saturated carbocycles. The van der Waals surface area contributed by atoms with Gasteiger partial charge in [0.05, 0.1) is 17.9 Å². The van der Waals surface area contributed by atoms with Crippen molar-refractivity contribution in [3.8, 4) is 0 Å². The summed E-state index contributed by atoms with van der Waals surface area (Å²) < 4.78 is 2.01. The maximum absolute atomic E-state index is 4.16. The van der Waals surface area contributed by atoms with Crippen molar-refractivity contribution in [2.45, 2.75) is 38.8 Å². The molecule has 0 amide bonds. The van der Waals surface area contributed by atoms with Crippen LogP contribution in [0, 0.1) is 0 Å².